The molecule has 4 aromatic rings. The maximum Gasteiger partial charge on any atom is 0.126 e. The van der Waals surface area contributed by atoms with Crippen LogP contribution in [0.5, 0.6) is 23.0 Å². The second-order valence-corrected chi connectivity index (χ2v) is 22.1. The third-order valence-electron chi connectivity index (χ3n) is 15.4. The molecule has 5 rings (SSSR count). The minimum Gasteiger partial charge on any atom is -0.493 e. The molecule has 0 atom stereocenters. The second kappa shape index (κ2) is 37.4. The minimum atomic E-state index is 0.650. The fourth-order valence-corrected chi connectivity index (χ4v) is 11.1. The van der Waals surface area contributed by atoms with Gasteiger partial charge in [-0.25, -0.2) is 0 Å². The Bertz CT molecular complexity index is 1870. The van der Waals surface area contributed by atoms with Crippen LogP contribution in [-0.2, 0) is 25.7 Å². The van der Waals surface area contributed by atoms with Crippen molar-refractivity contribution < 1.29 is 18.9 Å². The van der Waals surface area contributed by atoms with Crippen molar-refractivity contribution >= 4 is 11.4 Å². The van der Waals surface area contributed by atoms with Crippen molar-refractivity contribution in [2.45, 2.75) is 259 Å². The maximum atomic E-state index is 7.04. The number of benzene rings is 4. The van der Waals surface area contributed by atoms with Gasteiger partial charge in [0, 0.05) is 59.3 Å². The van der Waals surface area contributed by atoms with Crippen LogP contribution in [0, 0.1) is 0 Å². The summed E-state index contributed by atoms with van der Waals surface area (Å²) in [6.45, 7) is 11.9. The summed E-state index contributed by atoms with van der Waals surface area (Å²) in [7, 11) is 0. The third-order valence-corrected chi connectivity index (χ3v) is 15.4. The highest BCUT2D eigenvalue weighted by Crippen LogP contribution is 2.41. The average molecular weight is 1020 g/mol. The van der Waals surface area contributed by atoms with Crippen molar-refractivity contribution in [3.63, 3.8) is 0 Å². The lowest BCUT2D eigenvalue weighted by Crippen LogP contribution is -2.11. The molecule has 0 fully saturated rings. The van der Waals surface area contributed by atoms with E-state index in [1.165, 1.54) is 180 Å². The van der Waals surface area contributed by atoms with Crippen LogP contribution < -0.4 is 30.4 Å². The van der Waals surface area contributed by atoms with E-state index in [4.69, 9.17) is 30.4 Å². The number of fused-ring (bicyclic) bond motifs is 8. The monoisotopic (exact) mass is 1010 g/mol. The lowest BCUT2D eigenvalue weighted by Gasteiger charge is -2.23. The van der Waals surface area contributed by atoms with Gasteiger partial charge in [-0.2, -0.15) is 0 Å². The molecule has 0 amide bonds. The van der Waals surface area contributed by atoms with E-state index < -0.39 is 0 Å². The number of para-hydroxylation sites is 2. The van der Waals surface area contributed by atoms with Crippen molar-refractivity contribution in [3.8, 4) is 23.0 Å². The summed E-state index contributed by atoms with van der Waals surface area (Å²) in [6, 6.07) is 22.1. The molecule has 0 unspecified atom stereocenters. The van der Waals surface area contributed by atoms with Gasteiger partial charge in [-0.15, -0.1) is 0 Å². The Morgan fingerprint density at radius 1 is 0.270 bits per heavy atom. The van der Waals surface area contributed by atoms with Gasteiger partial charge in [0.05, 0.1) is 26.4 Å². The van der Waals surface area contributed by atoms with E-state index in [-0.39, 0.29) is 0 Å². The van der Waals surface area contributed by atoms with E-state index in [1.807, 2.05) is 0 Å². The van der Waals surface area contributed by atoms with Gasteiger partial charge in [0.2, 0.25) is 0 Å². The van der Waals surface area contributed by atoms with Crippen molar-refractivity contribution in [1.29, 1.82) is 0 Å². The molecule has 0 saturated heterocycles. The molecule has 8 bridgehead atoms. The standard InChI is InChI=1S/C68H106N2O4/c1-5-9-13-17-21-25-29-33-43-71-65-55-39-37-40-56(65)48-60-52-64(70)54-62(68(60)74-46-36-32-28-24-20-16-12-8-4)50-58-42-38-41-57(66(58)72-44-34-30-26-22-18-14-10-6-2)49-61-53-63(69)51-59(47-55)67(61)73-45-35-31-27-23-19-15-11-7-3/h37-42,51-54H,5-36,43-50,69-70H2,1-4H3. The Labute approximate surface area is 453 Å². The number of ether oxygens (including phenoxy) is 4. The number of unbranched alkanes of at least 4 members (excludes halogenated alkanes) is 28. The van der Waals surface area contributed by atoms with Crippen LogP contribution in [-0.4, -0.2) is 26.4 Å². The van der Waals surface area contributed by atoms with Gasteiger partial charge in [-0.05, 0) is 72.2 Å². The Morgan fingerprint density at radius 2 is 0.459 bits per heavy atom. The third kappa shape index (κ3) is 22.5. The average Bonchev–Trinajstić information content (AvgIpc) is 3.38. The van der Waals surface area contributed by atoms with E-state index in [0.29, 0.717) is 52.1 Å². The first kappa shape index (κ1) is 60.5. The van der Waals surface area contributed by atoms with E-state index in [1.54, 1.807) is 0 Å². The molecule has 6 nitrogen and oxygen atoms in total. The van der Waals surface area contributed by atoms with Crippen molar-refractivity contribution in [2.24, 2.45) is 0 Å². The lowest BCUT2D eigenvalue weighted by atomic mass is 9.90. The predicted molar refractivity (Wildman–Crippen MR) is 318 cm³/mol. The number of hydrogen-bond acceptors (Lipinski definition) is 6. The first-order valence-corrected chi connectivity index (χ1v) is 31.0. The number of hydrogen-bond donors (Lipinski definition) is 2. The number of nitrogen functional groups attached to an aromatic ring is 2. The quantitative estimate of drug-likeness (QED) is 0.0300. The number of rotatable bonds is 40. The SMILES string of the molecule is CCCCCCCCCCOc1c2cccc1Cc1cc(N)cc(c1OCCCCCCCCCC)Cc1cccc(c1OCCCCCCCCCC)Cc1cc(N)cc(c1OCCCCCCCCCC)C2. The Kier molecular flexibility index (Phi) is 30.6. The molecule has 1 aliphatic rings. The van der Waals surface area contributed by atoms with Crippen LogP contribution >= 0.6 is 0 Å². The second-order valence-electron chi connectivity index (χ2n) is 22.1. The first-order chi connectivity index (χ1) is 36.4. The van der Waals surface area contributed by atoms with Crippen LogP contribution in [0.15, 0.2) is 60.7 Å². The van der Waals surface area contributed by atoms with Gasteiger partial charge in [-0.1, -0.05) is 244 Å². The van der Waals surface area contributed by atoms with Crippen molar-refractivity contribution in [1.82, 2.24) is 0 Å². The van der Waals surface area contributed by atoms with Gasteiger partial charge >= 0.3 is 0 Å². The molecule has 0 saturated carbocycles. The van der Waals surface area contributed by atoms with Gasteiger partial charge in [-0.3, -0.25) is 0 Å². The van der Waals surface area contributed by atoms with Crippen molar-refractivity contribution in [3.05, 3.63) is 105 Å². The molecule has 412 valence electrons. The summed E-state index contributed by atoms with van der Waals surface area (Å²) in [6.07, 6.45) is 42.9. The zero-order valence-corrected chi connectivity index (χ0v) is 47.8. The summed E-state index contributed by atoms with van der Waals surface area (Å²) >= 11 is 0. The molecule has 0 aliphatic heterocycles. The summed E-state index contributed by atoms with van der Waals surface area (Å²) in [5.74, 6) is 3.87. The highest BCUT2D eigenvalue weighted by atomic mass is 16.5. The number of nitrogens with two attached hydrogens (primary N) is 2. The first-order valence-electron chi connectivity index (χ1n) is 31.0. The van der Waals surface area contributed by atoms with Gasteiger partial charge in [0.25, 0.3) is 0 Å². The highest BCUT2D eigenvalue weighted by Gasteiger charge is 2.23. The van der Waals surface area contributed by atoms with Crippen molar-refractivity contribution in [2.75, 3.05) is 37.9 Å². The van der Waals surface area contributed by atoms with Gasteiger partial charge < -0.3 is 30.4 Å². The summed E-state index contributed by atoms with van der Waals surface area (Å²) in [5, 5.41) is 0. The van der Waals surface area contributed by atoms with Gasteiger partial charge in [0.1, 0.15) is 23.0 Å². The topological polar surface area (TPSA) is 89.0 Å². The molecule has 74 heavy (non-hydrogen) atoms. The molecule has 0 heterocycles. The zero-order chi connectivity index (χ0) is 52.3. The maximum absolute atomic E-state index is 7.04. The summed E-state index contributed by atoms with van der Waals surface area (Å²) < 4.78 is 28.1. The molecule has 4 aromatic carbocycles. The fourth-order valence-electron chi connectivity index (χ4n) is 11.1. The smallest absolute Gasteiger partial charge is 0.126 e. The molecule has 6 heteroatoms. The normalized spacial score (nSPS) is 12.3. The largest absolute Gasteiger partial charge is 0.493 e. The van der Waals surface area contributed by atoms with E-state index in [9.17, 15) is 0 Å². The predicted octanol–water partition coefficient (Wildman–Crippen LogP) is 19.6. The molecule has 1 aliphatic carbocycles. The Morgan fingerprint density at radius 3 is 0.676 bits per heavy atom. The molecular formula is C68H106N2O4. The number of anilines is 2. The van der Waals surface area contributed by atoms with Crippen LogP contribution in [0.1, 0.15) is 278 Å². The Hall–Kier alpha value is -4.32. The van der Waals surface area contributed by atoms with Crippen LogP contribution in [0.3, 0.4) is 0 Å². The minimum absolute atomic E-state index is 0.650. The molecular weight excluding hydrogens is 909 g/mol. The molecule has 0 radical (unpaired) electrons. The summed E-state index contributed by atoms with van der Waals surface area (Å²) in [4.78, 5) is 0. The van der Waals surface area contributed by atoms with Crippen LogP contribution in [0.4, 0.5) is 11.4 Å². The lowest BCUT2D eigenvalue weighted by molar-refractivity contribution is 0.293. The van der Waals surface area contributed by atoms with E-state index >= 15 is 0 Å². The highest BCUT2D eigenvalue weighted by molar-refractivity contribution is 5.61. The zero-order valence-electron chi connectivity index (χ0n) is 47.8. The molecule has 0 aromatic heterocycles. The van der Waals surface area contributed by atoms with Crippen LogP contribution in [0.25, 0.3) is 0 Å². The van der Waals surface area contributed by atoms with Crippen LogP contribution in [0.2, 0.25) is 0 Å². The van der Waals surface area contributed by atoms with E-state index in [2.05, 4.69) is 88.4 Å². The van der Waals surface area contributed by atoms with Gasteiger partial charge in [0.15, 0.2) is 0 Å². The fraction of sp³-hybridized carbons (Fsp3) is 0.647. The Balaban J connectivity index is 1.53. The van der Waals surface area contributed by atoms with E-state index in [0.717, 1.165) is 105 Å². The summed E-state index contributed by atoms with van der Waals surface area (Å²) in [5.41, 5.74) is 24.5. The molecule has 0 spiro atoms. The molecule has 4 N–H and O–H groups in total.